The maximum atomic E-state index is 14.0. The van der Waals surface area contributed by atoms with E-state index in [0.717, 1.165) is 37.3 Å². The van der Waals surface area contributed by atoms with Gasteiger partial charge in [-0.25, -0.2) is 4.98 Å². The van der Waals surface area contributed by atoms with Crippen LogP contribution in [0.3, 0.4) is 0 Å². The van der Waals surface area contributed by atoms with E-state index in [1.807, 2.05) is 26.0 Å². The molecule has 4 rings (SSSR count). The Morgan fingerprint density at radius 1 is 1.19 bits per heavy atom. The second-order valence-corrected chi connectivity index (χ2v) is 9.00. The Bertz CT molecular complexity index is 1110. The molecule has 2 aromatic heterocycles. The topological polar surface area (TPSA) is 82.7 Å². The van der Waals surface area contributed by atoms with Crippen molar-refractivity contribution >= 4 is 22.5 Å². The first-order chi connectivity index (χ1) is 15.2. The van der Waals surface area contributed by atoms with Gasteiger partial charge in [-0.2, -0.15) is 13.9 Å². The number of amides is 1. The van der Waals surface area contributed by atoms with Gasteiger partial charge in [0.15, 0.2) is 0 Å². The number of halogens is 2. The normalized spacial score (nSPS) is 19.3. The fourth-order valence-electron chi connectivity index (χ4n) is 4.20. The number of hydrogen-bond donors (Lipinski definition) is 3. The number of rotatable bonds is 6. The standard InChI is InChI=1S/C24H29F2N5O/c1-14(2)19-12-21(31-30-19)23(32)28-16-8-6-7-15(11-16)27-20-13-22(24(3,25)26)29-18-10-5-4-9-17(18)20/h4-5,9-10,12-16H,6-8,11H2,1-3H3,(H,27,29)(H,28,32)(H,30,31)/t15-,16+/m0/s1. The van der Waals surface area contributed by atoms with Crippen molar-refractivity contribution in [2.75, 3.05) is 5.32 Å². The number of aromatic amines is 1. The third-order valence-corrected chi connectivity index (χ3v) is 5.99. The Kier molecular flexibility index (Phi) is 6.13. The summed E-state index contributed by atoms with van der Waals surface area (Å²) in [5.74, 6) is -2.95. The number of benzene rings is 1. The zero-order valence-corrected chi connectivity index (χ0v) is 18.6. The smallest absolute Gasteiger partial charge is 0.287 e. The van der Waals surface area contributed by atoms with Gasteiger partial charge in [-0.15, -0.1) is 0 Å². The van der Waals surface area contributed by atoms with E-state index in [9.17, 15) is 13.6 Å². The Morgan fingerprint density at radius 2 is 1.94 bits per heavy atom. The van der Waals surface area contributed by atoms with Gasteiger partial charge in [-0.3, -0.25) is 9.89 Å². The predicted octanol–water partition coefficient (Wildman–Crippen LogP) is 5.35. The number of alkyl halides is 2. The van der Waals surface area contributed by atoms with Crippen LogP contribution in [0.2, 0.25) is 0 Å². The summed E-state index contributed by atoms with van der Waals surface area (Å²) in [6, 6.07) is 10.6. The Morgan fingerprint density at radius 3 is 2.66 bits per heavy atom. The van der Waals surface area contributed by atoms with Crippen LogP contribution in [-0.4, -0.2) is 33.2 Å². The molecule has 0 bridgehead atoms. The number of carbonyl (C=O) groups excluding carboxylic acids is 1. The lowest BCUT2D eigenvalue weighted by molar-refractivity contribution is 0.0131. The Labute approximate surface area is 186 Å². The molecule has 0 radical (unpaired) electrons. The summed E-state index contributed by atoms with van der Waals surface area (Å²) in [6.45, 7) is 4.93. The van der Waals surface area contributed by atoms with Crippen molar-refractivity contribution in [3.8, 4) is 0 Å². The van der Waals surface area contributed by atoms with E-state index < -0.39 is 5.92 Å². The molecule has 0 saturated heterocycles. The van der Waals surface area contributed by atoms with Crippen molar-refractivity contribution in [2.45, 2.75) is 70.4 Å². The largest absolute Gasteiger partial charge is 0.382 e. The maximum Gasteiger partial charge on any atom is 0.287 e. The lowest BCUT2D eigenvalue weighted by Gasteiger charge is -2.31. The number of para-hydroxylation sites is 1. The van der Waals surface area contributed by atoms with Crippen molar-refractivity contribution in [2.24, 2.45) is 0 Å². The van der Waals surface area contributed by atoms with E-state index in [-0.39, 0.29) is 29.6 Å². The Balaban J connectivity index is 1.48. The molecule has 1 fully saturated rings. The zero-order chi connectivity index (χ0) is 22.9. The molecule has 8 heteroatoms. The highest BCUT2D eigenvalue weighted by atomic mass is 19.3. The van der Waals surface area contributed by atoms with Gasteiger partial charge < -0.3 is 10.6 Å². The maximum absolute atomic E-state index is 14.0. The van der Waals surface area contributed by atoms with E-state index >= 15 is 0 Å². The van der Waals surface area contributed by atoms with Crippen LogP contribution in [0.15, 0.2) is 36.4 Å². The number of anilines is 1. The van der Waals surface area contributed by atoms with Gasteiger partial charge in [-0.1, -0.05) is 32.0 Å². The average Bonchev–Trinajstić information content (AvgIpc) is 3.24. The molecule has 3 aromatic rings. The van der Waals surface area contributed by atoms with Gasteiger partial charge in [-0.05, 0) is 49.8 Å². The van der Waals surface area contributed by atoms with E-state index in [1.165, 1.54) is 6.07 Å². The van der Waals surface area contributed by atoms with Gasteiger partial charge in [0, 0.05) is 35.8 Å². The minimum Gasteiger partial charge on any atom is -0.382 e. The van der Waals surface area contributed by atoms with Crippen LogP contribution in [0, 0.1) is 0 Å². The summed E-state index contributed by atoms with van der Waals surface area (Å²) in [5.41, 5.74) is 2.25. The first kappa shape index (κ1) is 22.2. The minimum atomic E-state index is -3.03. The summed E-state index contributed by atoms with van der Waals surface area (Å²) >= 11 is 0. The molecule has 0 aliphatic heterocycles. The second kappa shape index (κ2) is 8.84. The molecule has 1 aliphatic rings. The monoisotopic (exact) mass is 441 g/mol. The van der Waals surface area contributed by atoms with Crippen LogP contribution in [-0.2, 0) is 5.92 Å². The van der Waals surface area contributed by atoms with Crippen molar-refractivity contribution in [1.82, 2.24) is 20.5 Å². The molecule has 3 N–H and O–H groups in total. The van der Waals surface area contributed by atoms with E-state index in [0.29, 0.717) is 23.3 Å². The van der Waals surface area contributed by atoms with Gasteiger partial charge in [0.1, 0.15) is 11.4 Å². The van der Waals surface area contributed by atoms with Crippen LogP contribution in [0.5, 0.6) is 0 Å². The van der Waals surface area contributed by atoms with Crippen LogP contribution >= 0.6 is 0 Å². The SMILES string of the molecule is CC(C)c1cc(C(=O)N[C@@H]2CCC[C@H](Nc3cc(C(C)(F)F)nc4ccccc34)C2)n[nH]1. The summed E-state index contributed by atoms with van der Waals surface area (Å²) in [5, 5.41) is 14.4. The van der Waals surface area contributed by atoms with E-state index in [1.54, 1.807) is 18.2 Å². The number of aromatic nitrogens is 3. The summed E-state index contributed by atoms with van der Waals surface area (Å²) < 4.78 is 28.0. The number of carbonyl (C=O) groups is 1. The lowest BCUT2D eigenvalue weighted by atomic mass is 9.90. The highest BCUT2D eigenvalue weighted by Gasteiger charge is 2.29. The highest BCUT2D eigenvalue weighted by molar-refractivity contribution is 5.93. The minimum absolute atomic E-state index is 0.00635. The van der Waals surface area contributed by atoms with E-state index in [4.69, 9.17) is 0 Å². The molecule has 1 aliphatic carbocycles. The van der Waals surface area contributed by atoms with Gasteiger partial charge in [0.05, 0.1) is 5.52 Å². The number of pyridine rings is 1. The van der Waals surface area contributed by atoms with Crippen LogP contribution < -0.4 is 10.6 Å². The van der Waals surface area contributed by atoms with Crippen LogP contribution in [0.1, 0.15) is 74.2 Å². The van der Waals surface area contributed by atoms with Crippen molar-refractivity contribution in [1.29, 1.82) is 0 Å². The summed E-state index contributed by atoms with van der Waals surface area (Å²) in [4.78, 5) is 16.8. The van der Waals surface area contributed by atoms with Crippen molar-refractivity contribution in [3.63, 3.8) is 0 Å². The molecule has 2 atom stereocenters. The number of fused-ring (bicyclic) bond motifs is 1. The number of hydrogen-bond acceptors (Lipinski definition) is 4. The lowest BCUT2D eigenvalue weighted by Crippen LogP contribution is -2.42. The van der Waals surface area contributed by atoms with Gasteiger partial charge in [0.2, 0.25) is 0 Å². The fourth-order valence-corrected chi connectivity index (χ4v) is 4.20. The second-order valence-electron chi connectivity index (χ2n) is 9.00. The summed E-state index contributed by atoms with van der Waals surface area (Å²) in [6.07, 6.45) is 3.42. The number of nitrogens with one attached hydrogen (secondary N) is 3. The van der Waals surface area contributed by atoms with Gasteiger partial charge >= 0.3 is 0 Å². The van der Waals surface area contributed by atoms with Crippen LogP contribution in [0.25, 0.3) is 10.9 Å². The predicted molar refractivity (Wildman–Crippen MR) is 121 cm³/mol. The zero-order valence-electron chi connectivity index (χ0n) is 18.6. The average molecular weight is 442 g/mol. The molecule has 1 saturated carbocycles. The van der Waals surface area contributed by atoms with Crippen LogP contribution in [0.4, 0.5) is 14.5 Å². The molecule has 1 aromatic carbocycles. The fraction of sp³-hybridized carbons (Fsp3) is 0.458. The number of H-pyrrole nitrogens is 1. The van der Waals surface area contributed by atoms with Crippen molar-refractivity contribution in [3.05, 3.63) is 53.5 Å². The molecule has 170 valence electrons. The van der Waals surface area contributed by atoms with Gasteiger partial charge in [0.25, 0.3) is 11.8 Å². The number of nitrogens with zero attached hydrogens (tertiary/aromatic N) is 2. The summed E-state index contributed by atoms with van der Waals surface area (Å²) in [7, 11) is 0. The molecule has 32 heavy (non-hydrogen) atoms. The molecule has 2 heterocycles. The third kappa shape index (κ3) is 4.89. The quantitative estimate of drug-likeness (QED) is 0.482. The molecule has 1 amide bonds. The van der Waals surface area contributed by atoms with E-state index in [2.05, 4.69) is 25.8 Å². The molecular weight excluding hydrogens is 412 g/mol. The first-order valence-electron chi connectivity index (χ1n) is 11.1. The molecular formula is C24H29F2N5O. The van der Waals surface area contributed by atoms with Crippen molar-refractivity contribution < 1.29 is 13.6 Å². The third-order valence-electron chi connectivity index (χ3n) is 5.99. The first-order valence-corrected chi connectivity index (χ1v) is 11.1. The molecule has 0 spiro atoms. The molecule has 0 unspecified atom stereocenters. The molecule has 6 nitrogen and oxygen atoms in total. The highest BCUT2D eigenvalue weighted by Crippen LogP contribution is 2.33. The Hall–Kier alpha value is -3.03.